The van der Waals surface area contributed by atoms with Gasteiger partial charge in [-0.05, 0) is 54.8 Å². The van der Waals surface area contributed by atoms with Gasteiger partial charge in [-0.2, -0.15) is 13.2 Å². The Labute approximate surface area is 259 Å². The van der Waals surface area contributed by atoms with E-state index in [4.69, 9.17) is 23.2 Å². The van der Waals surface area contributed by atoms with Gasteiger partial charge in [0.25, 0.3) is 0 Å². The number of anilines is 1. The second kappa shape index (κ2) is 14.5. The number of sulfonamides is 1. The normalized spacial score (nSPS) is 13.2. The number of alkyl halides is 3. The summed E-state index contributed by atoms with van der Waals surface area (Å²) >= 11 is 11.8. The first-order valence-corrected chi connectivity index (χ1v) is 15.9. The van der Waals surface area contributed by atoms with Crippen molar-refractivity contribution >= 4 is 50.7 Å². The quantitative estimate of drug-likeness (QED) is 0.247. The molecular formula is C30H32Cl2F3N3O4S. The molecule has 1 N–H and O–H groups in total. The molecule has 2 unspecified atom stereocenters. The van der Waals surface area contributed by atoms with Gasteiger partial charge in [0.15, 0.2) is 0 Å². The molecule has 0 aliphatic heterocycles. The first-order chi connectivity index (χ1) is 20.1. The second-order valence-electron chi connectivity index (χ2n) is 10.1. The minimum absolute atomic E-state index is 0.0977. The van der Waals surface area contributed by atoms with Gasteiger partial charge in [0.2, 0.25) is 21.8 Å². The third-order valence-corrected chi connectivity index (χ3v) is 8.48. The van der Waals surface area contributed by atoms with Crippen LogP contribution in [0.25, 0.3) is 0 Å². The fourth-order valence-electron chi connectivity index (χ4n) is 4.28. The average molecular weight is 659 g/mol. The van der Waals surface area contributed by atoms with Crippen molar-refractivity contribution < 1.29 is 31.2 Å². The van der Waals surface area contributed by atoms with Gasteiger partial charge in [0.1, 0.15) is 12.6 Å². The number of rotatable bonds is 12. The highest BCUT2D eigenvalue weighted by Crippen LogP contribution is 2.37. The Kier molecular flexibility index (Phi) is 11.5. The van der Waals surface area contributed by atoms with E-state index in [9.17, 15) is 31.2 Å². The third-order valence-electron chi connectivity index (χ3n) is 6.76. The first-order valence-electron chi connectivity index (χ1n) is 13.3. The molecule has 0 saturated carbocycles. The van der Waals surface area contributed by atoms with Crippen molar-refractivity contribution in [1.82, 2.24) is 10.2 Å². The predicted octanol–water partition coefficient (Wildman–Crippen LogP) is 6.33. The van der Waals surface area contributed by atoms with Crippen molar-refractivity contribution in [1.29, 1.82) is 0 Å². The molecule has 0 fully saturated rings. The minimum atomic E-state index is -4.87. The maximum Gasteiger partial charge on any atom is 0.417 e. The van der Waals surface area contributed by atoms with Gasteiger partial charge >= 0.3 is 6.18 Å². The molecule has 0 spiro atoms. The van der Waals surface area contributed by atoms with Crippen LogP contribution in [0.4, 0.5) is 18.9 Å². The molecule has 0 bridgehead atoms. The summed E-state index contributed by atoms with van der Waals surface area (Å²) in [5.41, 5.74) is -0.305. The standard InChI is InChI=1S/C30H32Cl2F3N3O4S/c1-4-20(2)36-29(40)27(16-21-8-6-5-7-9-21)37(18-22-10-12-23(31)13-11-22)28(39)19-38(43(3,41)42)24-14-15-26(32)25(17-24)30(33,34)35/h5-15,17,20,27H,4,16,18-19H2,1-3H3,(H,36,40). The van der Waals surface area contributed by atoms with E-state index in [0.717, 1.165) is 24.0 Å². The number of carbonyl (C=O) groups is 2. The fraction of sp³-hybridized carbons (Fsp3) is 0.333. The molecule has 43 heavy (non-hydrogen) atoms. The molecule has 0 aliphatic carbocycles. The third kappa shape index (κ3) is 9.61. The summed E-state index contributed by atoms with van der Waals surface area (Å²) in [7, 11) is -4.27. The number of benzene rings is 3. The Morgan fingerprint density at radius 2 is 1.58 bits per heavy atom. The van der Waals surface area contributed by atoms with E-state index in [0.29, 0.717) is 27.4 Å². The summed E-state index contributed by atoms with van der Waals surface area (Å²) in [6.45, 7) is 2.73. The van der Waals surface area contributed by atoms with Crippen LogP contribution in [0.15, 0.2) is 72.8 Å². The van der Waals surface area contributed by atoms with Crippen LogP contribution in [0.3, 0.4) is 0 Å². The highest BCUT2D eigenvalue weighted by molar-refractivity contribution is 7.92. The number of halogens is 5. The Morgan fingerprint density at radius 3 is 2.14 bits per heavy atom. The van der Waals surface area contributed by atoms with Crippen molar-refractivity contribution in [3.05, 3.63) is 99.5 Å². The Balaban J connectivity index is 2.10. The van der Waals surface area contributed by atoms with E-state index >= 15 is 0 Å². The largest absolute Gasteiger partial charge is 0.417 e. The van der Waals surface area contributed by atoms with Gasteiger partial charge in [0.05, 0.1) is 22.5 Å². The Hall–Kier alpha value is -3.28. The van der Waals surface area contributed by atoms with Crippen molar-refractivity contribution in [2.45, 2.75) is 51.5 Å². The summed E-state index contributed by atoms with van der Waals surface area (Å²) in [6, 6.07) is 16.8. The summed E-state index contributed by atoms with van der Waals surface area (Å²) in [6.07, 6.45) is -3.37. The van der Waals surface area contributed by atoms with Crippen molar-refractivity contribution in [2.24, 2.45) is 0 Å². The van der Waals surface area contributed by atoms with E-state index in [1.54, 1.807) is 54.6 Å². The SMILES string of the molecule is CCC(C)NC(=O)C(Cc1ccccc1)N(Cc1ccc(Cl)cc1)C(=O)CN(c1ccc(Cl)c(C(F)(F)F)c1)S(C)(=O)=O. The van der Waals surface area contributed by atoms with Crippen molar-refractivity contribution in [3.63, 3.8) is 0 Å². The highest BCUT2D eigenvalue weighted by Gasteiger charge is 2.36. The van der Waals surface area contributed by atoms with Gasteiger partial charge in [-0.1, -0.05) is 72.6 Å². The molecule has 2 amide bonds. The predicted molar refractivity (Wildman–Crippen MR) is 162 cm³/mol. The van der Waals surface area contributed by atoms with E-state index in [-0.39, 0.29) is 19.0 Å². The van der Waals surface area contributed by atoms with E-state index in [1.807, 2.05) is 13.8 Å². The van der Waals surface area contributed by atoms with E-state index < -0.39 is 56.9 Å². The lowest BCUT2D eigenvalue weighted by Crippen LogP contribution is -2.54. The monoisotopic (exact) mass is 657 g/mol. The minimum Gasteiger partial charge on any atom is -0.352 e. The number of nitrogens with zero attached hydrogens (tertiary/aromatic N) is 2. The van der Waals surface area contributed by atoms with Crippen molar-refractivity contribution in [3.8, 4) is 0 Å². The number of amides is 2. The molecule has 3 aromatic rings. The molecule has 3 aromatic carbocycles. The van der Waals surface area contributed by atoms with Crippen LogP contribution in [0.2, 0.25) is 10.0 Å². The maximum atomic E-state index is 14.1. The maximum absolute atomic E-state index is 14.1. The lowest BCUT2D eigenvalue weighted by atomic mass is 10.0. The van der Waals surface area contributed by atoms with Gasteiger partial charge in [-0.15, -0.1) is 0 Å². The molecular weight excluding hydrogens is 626 g/mol. The second-order valence-corrected chi connectivity index (χ2v) is 12.9. The number of hydrogen-bond donors (Lipinski definition) is 1. The lowest BCUT2D eigenvalue weighted by Gasteiger charge is -2.34. The van der Waals surface area contributed by atoms with Gasteiger partial charge in [-0.25, -0.2) is 8.42 Å². The van der Waals surface area contributed by atoms with Gasteiger partial charge in [-0.3, -0.25) is 13.9 Å². The molecule has 0 aliphatic rings. The Bertz CT molecular complexity index is 1520. The number of carbonyl (C=O) groups excluding carboxylic acids is 2. The van der Waals surface area contributed by atoms with Crippen LogP contribution >= 0.6 is 23.2 Å². The van der Waals surface area contributed by atoms with Crippen LogP contribution in [0.5, 0.6) is 0 Å². The molecule has 3 rings (SSSR count). The molecule has 2 atom stereocenters. The zero-order valence-electron chi connectivity index (χ0n) is 23.7. The topological polar surface area (TPSA) is 86.8 Å². The molecule has 0 aromatic heterocycles. The van der Waals surface area contributed by atoms with E-state index in [1.165, 1.54) is 4.90 Å². The van der Waals surface area contributed by atoms with Crippen LogP contribution in [0, 0.1) is 0 Å². The molecule has 0 heterocycles. The number of hydrogen-bond acceptors (Lipinski definition) is 4. The van der Waals surface area contributed by atoms with Crippen molar-refractivity contribution in [2.75, 3.05) is 17.1 Å². The zero-order chi connectivity index (χ0) is 31.9. The van der Waals surface area contributed by atoms with Crippen LogP contribution in [0.1, 0.15) is 37.0 Å². The first kappa shape index (κ1) is 34.2. The lowest BCUT2D eigenvalue weighted by molar-refractivity contribution is -0.140. The van der Waals surface area contributed by atoms with Gasteiger partial charge in [0, 0.05) is 24.0 Å². The van der Waals surface area contributed by atoms with Gasteiger partial charge < -0.3 is 10.2 Å². The van der Waals surface area contributed by atoms with Crippen LogP contribution in [-0.4, -0.2) is 50.0 Å². The molecule has 0 saturated heterocycles. The van der Waals surface area contributed by atoms with Crippen LogP contribution in [-0.2, 0) is 38.8 Å². The zero-order valence-corrected chi connectivity index (χ0v) is 26.1. The van der Waals surface area contributed by atoms with E-state index in [2.05, 4.69) is 5.32 Å². The smallest absolute Gasteiger partial charge is 0.352 e. The summed E-state index contributed by atoms with van der Waals surface area (Å²) in [5, 5.41) is 2.73. The molecule has 7 nitrogen and oxygen atoms in total. The summed E-state index contributed by atoms with van der Waals surface area (Å²) < 4.78 is 67.1. The molecule has 13 heteroatoms. The number of nitrogens with one attached hydrogen (secondary N) is 1. The van der Waals surface area contributed by atoms with Crippen LogP contribution < -0.4 is 9.62 Å². The summed E-state index contributed by atoms with van der Waals surface area (Å²) in [4.78, 5) is 28.9. The highest BCUT2D eigenvalue weighted by atomic mass is 35.5. The average Bonchev–Trinajstić information content (AvgIpc) is 2.94. The fourth-order valence-corrected chi connectivity index (χ4v) is 5.47. The molecule has 0 radical (unpaired) electrons. The Morgan fingerprint density at radius 1 is 0.953 bits per heavy atom. The summed E-state index contributed by atoms with van der Waals surface area (Å²) in [5.74, 6) is -1.26. The molecule has 232 valence electrons.